The molecule has 1 aliphatic heterocycles. The summed E-state index contributed by atoms with van der Waals surface area (Å²) >= 11 is 0. The summed E-state index contributed by atoms with van der Waals surface area (Å²) in [6.45, 7) is 4.84. The lowest BCUT2D eigenvalue weighted by atomic mass is 9.96. The Morgan fingerprint density at radius 3 is 2.62 bits per heavy atom. The molecular weight excluding hydrogens is 362 g/mol. The first-order valence-electron chi connectivity index (χ1n) is 10.00. The predicted octanol–water partition coefficient (Wildman–Crippen LogP) is 4.91. The first-order valence-corrected chi connectivity index (χ1v) is 10.00. The van der Waals surface area contributed by atoms with Crippen molar-refractivity contribution in [3.8, 4) is 23.1 Å². The number of aryl methyl sites for hydroxylation is 1. The van der Waals surface area contributed by atoms with Crippen LogP contribution < -0.4 is 4.74 Å². The minimum absolute atomic E-state index is 0.359. The zero-order valence-electron chi connectivity index (χ0n) is 16.9. The second-order valence-electron chi connectivity index (χ2n) is 7.52. The van der Waals surface area contributed by atoms with Crippen LogP contribution in [0.3, 0.4) is 0 Å². The van der Waals surface area contributed by atoms with Gasteiger partial charge in [-0.2, -0.15) is 5.26 Å². The van der Waals surface area contributed by atoms with E-state index in [0.717, 1.165) is 60.9 Å². The standard InChI is InChI=1S/C24H25N3O2/c1-17-23(19-6-4-3-5-7-19)26-24(29-17)20-10-12-27(13-11-20)16-18-8-9-21(15-25)22(14-18)28-2/h3-9,14,20H,10-13,16H2,1-2H3. The first-order chi connectivity index (χ1) is 14.2. The van der Waals surface area contributed by atoms with Crippen molar-refractivity contribution in [3.05, 3.63) is 71.3 Å². The molecule has 1 fully saturated rings. The predicted molar refractivity (Wildman–Crippen MR) is 112 cm³/mol. The minimum atomic E-state index is 0.359. The van der Waals surface area contributed by atoms with Crippen molar-refractivity contribution in [2.75, 3.05) is 20.2 Å². The number of nitrogens with zero attached hydrogens (tertiary/aromatic N) is 3. The molecule has 0 spiro atoms. The second kappa shape index (κ2) is 8.50. The van der Waals surface area contributed by atoms with Crippen LogP contribution in [0.4, 0.5) is 0 Å². The number of hydrogen-bond acceptors (Lipinski definition) is 5. The average molecular weight is 387 g/mol. The Hall–Kier alpha value is -3.10. The summed E-state index contributed by atoms with van der Waals surface area (Å²) in [6, 6.07) is 18.2. The first kappa shape index (κ1) is 19.2. The van der Waals surface area contributed by atoms with Gasteiger partial charge in [0.25, 0.3) is 0 Å². The normalized spacial score (nSPS) is 15.2. The zero-order chi connectivity index (χ0) is 20.2. The van der Waals surface area contributed by atoms with Crippen LogP contribution in [0.5, 0.6) is 5.75 Å². The van der Waals surface area contributed by atoms with Gasteiger partial charge in [-0.3, -0.25) is 4.90 Å². The van der Waals surface area contributed by atoms with E-state index in [1.807, 2.05) is 43.3 Å². The molecule has 0 saturated carbocycles. The Labute approximate surface area is 171 Å². The lowest BCUT2D eigenvalue weighted by molar-refractivity contribution is 0.192. The second-order valence-corrected chi connectivity index (χ2v) is 7.52. The molecule has 0 amide bonds. The lowest BCUT2D eigenvalue weighted by Gasteiger charge is -2.30. The third kappa shape index (κ3) is 4.18. The fraction of sp³-hybridized carbons (Fsp3) is 0.333. The fourth-order valence-corrected chi connectivity index (χ4v) is 3.98. The van der Waals surface area contributed by atoms with E-state index in [0.29, 0.717) is 17.2 Å². The molecule has 0 aliphatic carbocycles. The number of benzene rings is 2. The third-order valence-corrected chi connectivity index (χ3v) is 5.59. The van der Waals surface area contributed by atoms with E-state index in [1.54, 1.807) is 7.11 Å². The largest absolute Gasteiger partial charge is 0.495 e. The van der Waals surface area contributed by atoms with Crippen molar-refractivity contribution < 1.29 is 9.15 Å². The van der Waals surface area contributed by atoms with Crippen LogP contribution in [0.2, 0.25) is 0 Å². The van der Waals surface area contributed by atoms with Crippen molar-refractivity contribution in [2.45, 2.75) is 32.2 Å². The Morgan fingerprint density at radius 2 is 1.93 bits per heavy atom. The molecular formula is C24H25N3O2. The van der Waals surface area contributed by atoms with E-state index in [9.17, 15) is 0 Å². The van der Waals surface area contributed by atoms with Crippen LogP contribution in [-0.4, -0.2) is 30.1 Å². The fourth-order valence-electron chi connectivity index (χ4n) is 3.98. The van der Waals surface area contributed by atoms with E-state index >= 15 is 0 Å². The molecule has 5 nitrogen and oxygen atoms in total. The highest BCUT2D eigenvalue weighted by Crippen LogP contribution is 2.32. The zero-order valence-corrected chi connectivity index (χ0v) is 16.9. The van der Waals surface area contributed by atoms with E-state index < -0.39 is 0 Å². The smallest absolute Gasteiger partial charge is 0.198 e. The molecule has 148 valence electrons. The van der Waals surface area contributed by atoms with Crippen LogP contribution in [0, 0.1) is 18.3 Å². The van der Waals surface area contributed by atoms with E-state index in [4.69, 9.17) is 19.4 Å². The van der Waals surface area contributed by atoms with Gasteiger partial charge in [0.15, 0.2) is 5.89 Å². The molecule has 29 heavy (non-hydrogen) atoms. The van der Waals surface area contributed by atoms with Crippen molar-refractivity contribution in [2.24, 2.45) is 0 Å². The van der Waals surface area contributed by atoms with E-state index in [2.05, 4.69) is 23.1 Å². The summed E-state index contributed by atoms with van der Waals surface area (Å²) in [7, 11) is 1.60. The van der Waals surface area contributed by atoms with Crippen LogP contribution in [0.25, 0.3) is 11.3 Å². The highest BCUT2D eigenvalue weighted by Gasteiger charge is 2.26. The van der Waals surface area contributed by atoms with Crippen LogP contribution in [0.15, 0.2) is 52.9 Å². The van der Waals surface area contributed by atoms with Crippen LogP contribution >= 0.6 is 0 Å². The maximum Gasteiger partial charge on any atom is 0.198 e. The summed E-state index contributed by atoms with van der Waals surface area (Å²) < 4.78 is 11.4. The molecule has 0 atom stereocenters. The molecule has 4 rings (SSSR count). The van der Waals surface area contributed by atoms with Crippen LogP contribution in [-0.2, 0) is 6.54 Å². The maximum atomic E-state index is 9.14. The van der Waals surface area contributed by atoms with Gasteiger partial charge < -0.3 is 9.15 Å². The molecule has 1 aromatic heterocycles. The number of aromatic nitrogens is 1. The Balaban J connectivity index is 1.40. The Kier molecular flexibility index (Phi) is 5.64. The SMILES string of the molecule is COc1cc(CN2CCC(c3nc(-c4ccccc4)c(C)o3)CC2)ccc1C#N. The molecule has 2 heterocycles. The van der Waals surface area contributed by atoms with Crippen molar-refractivity contribution in [3.63, 3.8) is 0 Å². The monoisotopic (exact) mass is 387 g/mol. The lowest BCUT2D eigenvalue weighted by Crippen LogP contribution is -2.32. The number of piperidine rings is 1. The molecule has 5 heteroatoms. The van der Waals surface area contributed by atoms with E-state index in [-0.39, 0.29) is 0 Å². The van der Waals surface area contributed by atoms with Crippen molar-refractivity contribution in [1.29, 1.82) is 5.26 Å². The van der Waals surface area contributed by atoms with Gasteiger partial charge in [-0.05, 0) is 50.6 Å². The quantitative estimate of drug-likeness (QED) is 0.622. The van der Waals surface area contributed by atoms with Gasteiger partial charge in [0, 0.05) is 18.0 Å². The highest BCUT2D eigenvalue weighted by molar-refractivity contribution is 5.60. The van der Waals surface area contributed by atoms with Gasteiger partial charge in [0.2, 0.25) is 0 Å². The molecule has 0 N–H and O–H groups in total. The van der Waals surface area contributed by atoms with Crippen molar-refractivity contribution in [1.82, 2.24) is 9.88 Å². The Bertz CT molecular complexity index is 1010. The van der Waals surface area contributed by atoms with Gasteiger partial charge in [-0.25, -0.2) is 4.98 Å². The van der Waals surface area contributed by atoms with Crippen molar-refractivity contribution >= 4 is 0 Å². The molecule has 2 aromatic carbocycles. The number of oxazole rings is 1. The number of nitriles is 1. The molecule has 3 aromatic rings. The van der Waals surface area contributed by atoms with Gasteiger partial charge in [0.05, 0.1) is 12.7 Å². The van der Waals surface area contributed by atoms with Gasteiger partial charge in [0.1, 0.15) is 23.3 Å². The Morgan fingerprint density at radius 1 is 1.17 bits per heavy atom. The summed E-state index contributed by atoms with van der Waals surface area (Å²) in [6.07, 6.45) is 2.06. The topological polar surface area (TPSA) is 62.3 Å². The maximum absolute atomic E-state index is 9.14. The summed E-state index contributed by atoms with van der Waals surface area (Å²) in [5, 5.41) is 9.14. The van der Waals surface area contributed by atoms with E-state index in [1.165, 1.54) is 0 Å². The highest BCUT2D eigenvalue weighted by atomic mass is 16.5. The minimum Gasteiger partial charge on any atom is -0.495 e. The number of rotatable bonds is 5. The number of hydrogen-bond donors (Lipinski definition) is 0. The van der Waals surface area contributed by atoms with Crippen LogP contribution in [0.1, 0.15) is 41.5 Å². The van der Waals surface area contributed by atoms with Gasteiger partial charge >= 0.3 is 0 Å². The average Bonchev–Trinajstić information content (AvgIpc) is 3.16. The number of ether oxygens (including phenoxy) is 1. The summed E-state index contributed by atoms with van der Waals surface area (Å²) in [5.41, 5.74) is 3.79. The molecule has 0 radical (unpaired) electrons. The number of methoxy groups -OCH3 is 1. The van der Waals surface area contributed by atoms with Gasteiger partial charge in [-0.1, -0.05) is 36.4 Å². The molecule has 0 bridgehead atoms. The number of likely N-dealkylation sites (tertiary alicyclic amines) is 1. The summed E-state index contributed by atoms with van der Waals surface area (Å²) in [5.74, 6) is 2.75. The molecule has 1 aliphatic rings. The molecule has 1 saturated heterocycles. The third-order valence-electron chi connectivity index (χ3n) is 5.59. The summed E-state index contributed by atoms with van der Waals surface area (Å²) in [4.78, 5) is 7.26. The molecule has 0 unspecified atom stereocenters. The van der Waals surface area contributed by atoms with Gasteiger partial charge in [-0.15, -0.1) is 0 Å².